The zero-order chi connectivity index (χ0) is 8.60. The minimum atomic E-state index is -0.999. The lowest BCUT2D eigenvalue weighted by atomic mass is 10.1. The molecule has 2 aliphatic heterocycles. The lowest BCUT2D eigenvalue weighted by Crippen LogP contribution is -2.51. The maximum atomic E-state index is 11.6. The molecule has 2 fully saturated rings. The predicted octanol–water partition coefficient (Wildman–Crippen LogP) is -1.06. The first-order valence-electron chi connectivity index (χ1n) is 4.13. The molecule has 68 valence electrons. The molecule has 2 saturated heterocycles. The van der Waals surface area contributed by atoms with Gasteiger partial charge in [-0.25, -0.2) is 0 Å². The molecule has 0 radical (unpaired) electrons. The van der Waals surface area contributed by atoms with Gasteiger partial charge in [-0.15, -0.1) is 0 Å². The third-order valence-electron chi connectivity index (χ3n) is 2.48. The molecule has 0 aliphatic carbocycles. The van der Waals surface area contributed by atoms with Gasteiger partial charge in [-0.05, 0) is 25.9 Å². The molecule has 0 aromatic carbocycles. The fourth-order valence-electron chi connectivity index (χ4n) is 1.79. The van der Waals surface area contributed by atoms with Gasteiger partial charge in [0.25, 0.3) is 0 Å². The number of carbonyl (C=O) groups excluding carboxylic acids is 1. The van der Waals surface area contributed by atoms with E-state index in [0.717, 1.165) is 25.9 Å². The van der Waals surface area contributed by atoms with Gasteiger partial charge < -0.3 is 10.6 Å². The van der Waals surface area contributed by atoms with Crippen molar-refractivity contribution in [2.75, 3.05) is 18.8 Å². The highest BCUT2D eigenvalue weighted by molar-refractivity contribution is 7.87. The lowest BCUT2D eigenvalue weighted by molar-refractivity contribution is -0.118. The zero-order valence-electron chi connectivity index (χ0n) is 6.76. The van der Waals surface area contributed by atoms with Gasteiger partial charge in [0.05, 0.1) is 10.8 Å². The van der Waals surface area contributed by atoms with E-state index >= 15 is 0 Å². The summed E-state index contributed by atoms with van der Waals surface area (Å²) in [5, 5.41) is 6.03. The molecule has 2 N–H and O–H groups in total. The topological polar surface area (TPSA) is 58.2 Å². The highest BCUT2D eigenvalue weighted by Gasteiger charge is 2.45. The molecule has 0 aromatic heterocycles. The van der Waals surface area contributed by atoms with Crippen molar-refractivity contribution in [2.24, 2.45) is 0 Å². The summed E-state index contributed by atoms with van der Waals surface area (Å²) >= 11 is 0. The number of piperidine rings is 1. The Morgan fingerprint density at radius 1 is 1.33 bits per heavy atom. The van der Waals surface area contributed by atoms with Crippen LogP contribution in [-0.4, -0.2) is 33.8 Å². The molecule has 1 spiro atoms. The van der Waals surface area contributed by atoms with E-state index in [1.54, 1.807) is 0 Å². The second-order valence-electron chi connectivity index (χ2n) is 3.28. The van der Waals surface area contributed by atoms with Crippen LogP contribution >= 0.6 is 0 Å². The SMILES string of the molecule is O=C1CS(=O)C2(CCNCC2)N1. The fourth-order valence-corrected chi connectivity index (χ4v) is 3.26. The first kappa shape index (κ1) is 8.19. The van der Waals surface area contributed by atoms with Gasteiger partial charge in [0.1, 0.15) is 10.6 Å². The first-order valence-corrected chi connectivity index (χ1v) is 5.45. The van der Waals surface area contributed by atoms with Crippen molar-refractivity contribution in [3.05, 3.63) is 0 Å². The van der Waals surface area contributed by atoms with E-state index in [4.69, 9.17) is 0 Å². The highest BCUT2D eigenvalue weighted by atomic mass is 32.2. The Labute approximate surface area is 73.6 Å². The Morgan fingerprint density at radius 2 is 2.00 bits per heavy atom. The van der Waals surface area contributed by atoms with Gasteiger partial charge in [0.15, 0.2) is 0 Å². The molecule has 0 bridgehead atoms. The Kier molecular flexibility index (Phi) is 1.92. The third-order valence-corrected chi connectivity index (χ3v) is 4.38. The summed E-state index contributed by atoms with van der Waals surface area (Å²) in [6.07, 6.45) is 1.59. The van der Waals surface area contributed by atoms with Crippen LogP contribution in [0.1, 0.15) is 12.8 Å². The van der Waals surface area contributed by atoms with Crippen LogP contribution in [-0.2, 0) is 15.6 Å². The smallest absolute Gasteiger partial charge is 0.233 e. The van der Waals surface area contributed by atoms with Crippen LogP contribution in [0.2, 0.25) is 0 Å². The van der Waals surface area contributed by atoms with E-state index < -0.39 is 10.8 Å². The molecular weight excluding hydrogens is 176 g/mol. The molecule has 4 nitrogen and oxygen atoms in total. The second-order valence-corrected chi connectivity index (χ2v) is 5.04. The molecule has 1 atom stereocenters. The summed E-state index contributed by atoms with van der Waals surface area (Å²) in [5.74, 6) is 0.134. The van der Waals surface area contributed by atoms with Crippen molar-refractivity contribution < 1.29 is 9.00 Å². The minimum Gasteiger partial charge on any atom is -0.338 e. The summed E-state index contributed by atoms with van der Waals surface area (Å²) in [5.41, 5.74) is 0. The van der Waals surface area contributed by atoms with E-state index in [0.29, 0.717) is 0 Å². The molecule has 5 heteroatoms. The van der Waals surface area contributed by atoms with Crippen LogP contribution in [0.25, 0.3) is 0 Å². The van der Waals surface area contributed by atoms with Crippen molar-refractivity contribution in [3.63, 3.8) is 0 Å². The van der Waals surface area contributed by atoms with Gasteiger partial charge in [-0.1, -0.05) is 0 Å². The van der Waals surface area contributed by atoms with E-state index in [1.807, 2.05) is 0 Å². The summed E-state index contributed by atoms with van der Waals surface area (Å²) in [7, 11) is -0.999. The summed E-state index contributed by atoms with van der Waals surface area (Å²) in [6.45, 7) is 1.71. The van der Waals surface area contributed by atoms with Crippen LogP contribution in [0.15, 0.2) is 0 Å². The Morgan fingerprint density at radius 3 is 2.50 bits per heavy atom. The Balaban J connectivity index is 2.18. The van der Waals surface area contributed by atoms with Crippen molar-refractivity contribution in [1.29, 1.82) is 0 Å². The van der Waals surface area contributed by atoms with Crippen LogP contribution in [0.3, 0.4) is 0 Å². The molecule has 0 saturated carbocycles. The molecule has 1 unspecified atom stereocenters. The summed E-state index contributed by atoms with van der Waals surface area (Å²) in [4.78, 5) is 10.6. The molecule has 2 heterocycles. The van der Waals surface area contributed by atoms with Gasteiger partial charge in [-0.2, -0.15) is 0 Å². The summed E-state index contributed by atoms with van der Waals surface area (Å²) < 4.78 is 11.6. The maximum Gasteiger partial charge on any atom is 0.233 e. The highest BCUT2D eigenvalue weighted by Crippen LogP contribution is 2.26. The van der Waals surface area contributed by atoms with Gasteiger partial charge in [0, 0.05) is 0 Å². The number of hydrogen-bond acceptors (Lipinski definition) is 3. The second kappa shape index (κ2) is 2.81. The number of nitrogens with one attached hydrogen (secondary N) is 2. The standard InChI is InChI=1S/C7H12N2O2S/c10-6-5-12(11)7(9-6)1-3-8-4-2-7/h8H,1-5H2,(H,9,10). The van der Waals surface area contributed by atoms with Crippen LogP contribution < -0.4 is 10.6 Å². The van der Waals surface area contributed by atoms with Gasteiger partial charge in [0.2, 0.25) is 5.91 Å². The van der Waals surface area contributed by atoms with Crippen molar-refractivity contribution in [2.45, 2.75) is 17.7 Å². The van der Waals surface area contributed by atoms with Crippen molar-refractivity contribution >= 4 is 16.7 Å². The quantitative estimate of drug-likeness (QED) is 0.510. The van der Waals surface area contributed by atoms with E-state index in [-0.39, 0.29) is 16.5 Å². The van der Waals surface area contributed by atoms with E-state index in [1.165, 1.54) is 0 Å². The Bertz CT molecular complexity index is 236. The lowest BCUT2D eigenvalue weighted by Gasteiger charge is -2.31. The van der Waals surface area contributed by atoms with Crippen LogP contribution in [0.4, 0.5) is 0 Å². The largest absolute Gasteiger partial charge is 0.338 e. The fraction of sp³-hybridized carbons (Fsp3) is 0.857. The number of carbonyl (C=O) groups is 1. The third kappa shape index (κ3) is 1.17. The van der Waals surface area contributed by atoms with Crippen molar-refractivity contribution in [1.82, 2.24) is 10.6 Å². The van der Waals surface area contributed by atoms with Crippen LogP contribution in [0, 0.1) is 0 Å². The number of hydrogen-bond donors (Lipinski definition) is 2. The Hall–Kier alpha value is -0.420. The first-order chi connectivity index (χ1) is 5.73. The van der Waals surface area contributed by atoms with Gasteiger partial charge >= 0.3 is 0 Å². The van der Waals surface area contributed by atoms with Crippen molar-refractivity contribution in [3.8, 4) is 0 Å². The molecular formula is C7H12N2O2S. The molecule has 0 aromatic rings. The molecule has 12 heavy (non-hydrogen) atoms. The maximum absolute atomic E-state index is 11.6. The average molecular weight is 188 g/mol. The number of amides is 1. The molecule has 2 aliphatic rings. The number of rotatable bonds is 0. The molecule has 1 amide bonds. The normalized spacial score (nSPS) is 33.7. The monoisotopic (exact) mass is 188 g/mol. The minimum absolute atomic E-state index is 0.0600. The summed E-state index contributed by atoms with van der Waals surface area (Å²) in [6, 6.07) is 0. The van der Waals surface area contributed by atoms with E-state index in [2.05, 4.69) is 10.6 Å². The molecule has 2 rings (SSSR count). The average Bonchev–Trinajstić information content (AvgIpc) is 2.29. The van der Waals surface area contributed by atoms with Gasteiger partial charge in [-0.3, -0.25) is 9.00 Å². The zero-order valence-corrected chi connectivity index (χ0v) is 7.58. The van der Waals surface area contributed by atoms with Crippen LogP contribution in [0.5, 0.6) is 0 Å². The predicted molar refractivity (Wildman–Crippen MR) is 46.0 cm³/mol. The van der Waals surface area contributed by atoms with E-state index in [9.17, 15) is 9.00 Å².